The second-order valence-electron chi connectivity index (χ2n) is 13.2. The Morgan fingerprint density at radius 2 is 1.76 bits per heavy atom. The SMILES string of the molecule is CC(C)(C)OC(=O)N1CCN(CCNC(=O)c2cc(Cl)ccc2C2CCN(CCN3C=COC(C4=CC=CC(=O)C4)=C3)CC2)CC1. The monoisotopic (exact) mass is 651 g/mol. The zero-order valence-electron chi connectivity index (χ0n) is 27.2. The van der Waals surface area contributed by atoms with Crippen molar-refractivity contribution in [2.45, 2.75) is 51.6 Å². The van der Waals surface area contributed by atoms with Gasteiger partial charge in [-0.05, 0) is 76.4 Å². The van der Waals surface area contributed by atoms with Gasteiger partial charge in [0.15, 0.2) is 5.78 Å². The molecular weight excluding hydrogens is 606 g/mol. The minimum absolute atomic E-state index is 0.0827. The van der Waals surface area contributed by atoms with Crippen molar-refractivity contribution < 1.29 is 23.9 Å². The molecule has 3 heterocycles. The van der Waals surface area contributed by atoms with E-state index in [-0.39, 0.29) is 23.7 Å². The lowest BCUT2D eigenvalue weighted by atomic mass is 9.86. The number of amides is 2. The van der Waals surface area contributed by atoms with Crippen LogP contribution in [0.1, 0.15) is 61.9 Å². The molecule has 10 nitrogen and oxygen atoms in total. The van der Waals surface area contributed by atoms with E-state index in [9.17, 15) is 14.4 Å². The third kappa shape index (κ3) is 9.47. The molecule has 0 spiro atoms. The number of nitrogens with one attached hydrogen (secondary N) is 1. The summed E-state index contributed by atoms with van der Waals surface area (Å²) in [6.45, 7) is 13.2. The Hall–Kier alpha value is -3.60. The highest BCUT2D eigenvalue weighted by molar-refractivity contribution is 6.31. The van der Waals surface area contributed by atoms with Crippen LogP contribution in [0.2, 0.25) is 5.02 Å². The van der Waals surface area contributed by atoms with Crippen LogP contribution in [0.5, 0.6) is 0 Å². The highest BCUT2D eigenvalue weighted by atomic mass is 35.5. The molecule has 248 valence electrons. The lowest BCUT2D eigenvalue weighted by Gasteiger charge is -2.35. The number of hydrogen-bond acceptors (Lipinski definition) is 8. The minimum atomic E-state index is -0.506. The van der Waals surface area contributed by atoms with Crippen molar-refractivity contribution in [1.82, 2.24) is 24.9 Å². The summed E-state index contributed by atoms with van der Waals surface area (Å²) in [5, 5.41) is 3.66. The van der Waals surface area contributed by atoms with Crippen LogP contribution in [0.4, 0.5) is 4.79 Å². The number of carbonyl (C=O) groups is 3. The number of halogens is 1. The van der Waals surface area contributed by atoms with Crippen LogP contribution in [-0.4, -0.2) is 108 Å². The van der Waals surface area contributed by atoms with E-state index in [1.165, 1.54) is 0 Å². The molecule has 1 N–H and O–H groups in total. The zero-order chi connectivity index (χ0) is 32.7. The average Bonchev–Trinajstić information content (AvgIpc) is 3.03. The van der Waals surface area contributed by atoms with Gasteiger partial charge < -0.3 is 29.5 Å². The average molecular weight is 652 g/mol. The second-order valence-corrected chi connectivity index (χ2v) is 13.7. The first kappa shape index (κ1) is 33.8. The van der Waals surface area contributed by atoms with Crippen LogP contribution in [0.3, 0.4) is 0 Å². The highest BCUT2D eigenvalue weighted by Crippen LogP contribution is 2.32. The topological polar surface area (TPSA) is 94.7 Å². The lowest BCUT2D eigenvalue weighted by molar-refractivity contribution is -0.114. The predicted octanol–water partition coefficient (Wildman–Crippen LogP) is 4.90. The number of carbonyl (C=O) groups excluding carboxylic acids is 3. The Balaban J connectivity index is 1.06. The molecule has 0 radical (unpaired) electrons. The van der Waals surface area contributed by atoms with E-state index in [2.05, 4.69) is 20.0 Å². The Bertz CT molecular complexity index is 1400. The number of likely N-dealkylation sites (tertiary alicyclic amines) is 1. The third-order valence-corrected chi connectivity index (χ3v) is 8.93. The molecule has 1 aromatic rings. The molecule has 1 aliphatic carbocycles. The van der Waals surface area contributed by atoms with Gasteiger partial charge in [-0.2, -0.15) is 0 Å². The Kier molecular flexibility index (Phi) is 11.2. The van der Waals surface area contributed by atoms with Gasteiger partial charge >= 0.3 is 6.09 Å². The van der Waals surface area contributed by atoms with Crippen LogP contribution in [0.15, 0.2) is 66.4 Å². The first-order valence-corrected chi connectivity index (χ1v) is 16.6. The smallest absolute Gasteiger partial charge is 0.410 e. The fourth-order valence-electron chi connectivity index (χ4n) is 6.16. The normalized spacial score (nSPS) is 19.9. The molecule has 11 heteroatoms. The summed E-state index contributed by atoms with van der Waals surface area (Å²) in [7, 11) is 0. The van der Waals surface area contributed by atoms with Gasteiger partial charge in [0, 0.05) is 87.3 Å². The molecule has 0 bridgehead atoms. The summed E-state index contributed by atoms with van der Waals surface area (Å²) in [6.07, 6.45) is 12.9. The molecule has 0 unspecified atom stereocenters. The Morgan fingerprint density at radius 1 is 1.02 bits per heavy atom. The molecule has 2 saturated heterocycles. The van der Waals surface area contributed by atoms with Crippen molar-refractivity contribution in [3.63, 3.8) is 0 Å². The number of ether oxygens (including phenoxy) is 2. The van der Waals surface area contributed by atoms with Crippen LogP contribution < -0.4 is 5.32 Å². The minimum Gasteiger partial charge on any atom is -0.462 e. The van der Waals surface area contributed by atoms with Gasteiger partial charge in [-0.3, -0.25) is 14.5 Å². The van der Waals surface area contributed by atoms with E-state index in [4.69, 9.17) is 21.1 Å². The summed E-state index contributed by atoms with van der Waals surface area (Å²) in [5.41, 5.74) is 2.10. The predicted molar refractivity (Wildman–Crippen MR) is 178 cm³/mol. The molecule has 3 aliphatic heterocycles. The summed E-state index contributed by atoms with van der Waals surface area (Å²) >= 11 is 6.35. The number of rotatable bonds is 9. The summed E-state index contributed by atoms with van der Waals surface area (Å²) in [5.74, 6) is 0.987. The first-order chi connectivity index (χ1) is 22.0. The van der Waals surface area contributed by atoms with Gasteiger partial charge in [-0.1, -0.05) is 29.8 Å². The molecule has 0 saturated carbocycles. The maximum atomic E-state index is 13.4. The maximum Gasteiger partial charge on any atom is 0.410 e. The van der Waals surface area contributed by atoms with E-state index in [0.717, 1.165) is 63.2 Å². The fourth-order valence-corrected chi connectivity index (χ4v) is 6.33. The van der Waals surface area contributed by atoms with Crippen LogP contribution in [0.25, 0.3) is 0 Å². The second kappa shape index (κ2) is 15.3. The molecule has 46 heavy (non-hydrogen) atoms. The lowest BCUT2D eigenvalue weighted by Crippen LogP contribution is -2.51. The number of piperidine rings is 1. The molecule has 0 atom stereocenters. The van der Waals surface area contributed by atoms with Gasteiger partial charge in [-0.15, -0.1) is 0 Å². The zero-order valence-corrected chi connectivity index (χ0v) is 27.9. The Morgan fingerprint density at radius 3 is 2.48 bits per heavy atom. The summed E-state index contributed by atoms with van der Waals surface area (Å²) < 4.78 is 11.2. The summed E-state index contributed by atoms with van der Waals surface area (Å²) in [4.78, 5) is 46.1. The first-order valence-electron chi connectivity index (χ1n) is 16.3. The van der Waals surface area contributed by atoms with Crippen molar-refractivity contribution in [2.75, 3.05) is 65.4 Å². The van der Waals surface area contributed by atoms with E-state index < -0.39 is 5.60 Å². The summed E-state index contributed by atoms with van der Waals surface area (Å²) in [6, 6.07) is 5.68. The molecule has 1 aromatic carbocycles. The molecule has 2 amide bonds. The number of allylic oxidation sites excluding steroid dienone is 4. The number of hydrogen-bond donors (Lipinski definition) is 1. The van der Waals surface area contributed by atoms with Crippen molar-refractivity contribution in [3.05, 3.63) is 82.6 Å². The highest BCUT2D eigenvalue weighted by Gasteiger charge is 2.27. The van der Waals surface area contributed by atoms with Crippen molar-refractivity contribution in [2.24, 2.45) is 0 Å². The molecular formula is C35H46ClN5O5. The maximum absolute atomic E-state index is 13.4. The third-order valence-electron chi connectivity index (χ3n) is 8.69. The van der Waals surface area contributed by atoms with Gasteiger partial charge in [0.25, 0.3) is 5.91 Å². The molecule has 2 fully saturated rings. The molecule has 5 rings (SSSR count). The molecule has 0 aromatic heterocycles. The number of benzene rings is 1. The Labute approximate surface area is 277 Å². The number of piperazine rings is 1. The van der Waals surface area contributed by atoms with Crippen molar-refractivity contribution in [1.29, 1.82) is 0 Å². The van der Waals surface area contributed by atoms with E-state index in [1.807, 2.05) is 51.4 Å². The van der Waals surface area contributed by atoms with E-state index in [0.29, 0.717) is 48.9 Å². The van der Waals surface area contributed by atoms with Crippen LogP contribution >= 0.6 is 11.6 Å². The van der Waals surface area contributed by atoms with Crippen molar-refractivity contribution in [3.8, 4) is 0 Å². The van der Waals surface area contributed by atoms with E-state index in [1.54, 1.807) is 29.4 Å². The van der Waals surface area contributed by atoms with Gasteiger partial charge in [-0.25, -0.2) is 4.79 Å². The van der Waals surface area contributed by atoms with Gasteiger partial charge in [0.1, 0.15) is 17.6 Å². The van der Waals surface area contributed by atoms with Gasteiger partial charge in [0.2, 0.25) is 0 Å². The van der Waals surface area contributed by atoms with Crippen LogP contribution in [0, 0.1) is 0 Å². The number of ketones is 1. The quantitative estimate of drug-likeness (QED) is 0.403. The van der Waals surface area contributed by atoms with E-state index >= 15 is 0 Å². The fraction of sp³-hybridized carbons (Fsp3) is 0.514. The number of nitrogens with zero attached hydrogens (tertiary/aromatic N) is 4. The van der Waals surface area contributed by atoms with Gasteiger partial charge in [0.05, 0.1) is 0 Å². The van der Waals surface area contributed by atoms with Crippen LogP contribution in [-0.2, 0) is 14.3 Å². The largest absolute Gasteiger partial charge is 0.462 e. The van der Waals surface area contributed by atoms with Crippen molar-refractivity contribution >= 4 is 29.4 Å². The standard InChI is InChI=1S/C35H46ClN5O5/c1-35(2,3)46-34(44)41-19-17-39(18-20-41)14-11-37-33(43)31-24-28(36)7-8-30(31)26-9-12-38(13-10-26)15-16-40-21-22-45-32(25-40)27-5-4-6-29(42)23-27/h4-8,21-22,24-26H,9-20,23H2,1-3H3,(H,37,43). The molecule has 4 aliphatic rings.